The highest BCUT2D eigenvalue weighted by Gasteiger charge is 2.27. The van der Waals surface area contributed by atoms with Crippen LogP contribution < -0.4 is 15.0 Å². The summed E-state index contributed by atoms with van der Waals surface area (Å²) in [4.78, 5) is 15.1. The summed E-state index contributed by atoms with van der Waals surface area (Å²) in [7, 11) is 0. The number of halogens is 1. The minimum Gasteiger partial charge on any atom is -0.463 e. The number of carbonyl (C=O) groups is 1. The Balaban J connectivity index is 1.37. The number of benzene rings is 2. The molecule has 1 aliphatic heterocycles. The summed E-state index contributed by atoms with van der Waals surface area (Å²) in [6.07, 6.45) is 3.42. The molecule has 1 atom stereocenters. The Morgan fingerprint density at radius 2 is 1.97 bits per heavy atom. The smallest absolute Gasteiger partial charge is 0.228 e. The molecule has 0 saturated carbocycles. The quantitative estimate of drug-likeness (QED) is 0.806. The number of nitrogens with zero attached hydrogens (tertiary/aromatic N) is 1. The van der Waals surface area contributed by atoms with Crippen LogP contribution in [-0.4, -0.2) is 37.1 Å². The summed E-state index contributed by atoms with van der Waals surface area (Å²) in [5.41, 5.74) is 4.12. The number of fused-ring (bicyclic) bond motifs is 1. The van der Waals surface area contributed by atoms with Gasteiger partial charge in [-0.1, -0.05) is 18.2 Å². The van der Waals surface area contributed by atoms with E-state index in [-0.39, 0.29) is 17.9 Å². The first-order valence-corrected chi connectivity index (χ1v) is 10.3. The lowest BCUT2D eigenvalue weighted by Gasteiger charge is -2.33. The molecule has 1 fully saturated rings. The van der Waals surface area contributed by atoms with Gasteiger partial charge >= 0.3 is 0 Å². The van der Waals surface area contributed by atoms with Gasteiger partial charge in [-0.25, -0.2) is 4.39 Å². The van der Waals surface area contributed by atoms with E-state index in [1.165, 1.54) is 5.56 Å². The summed E-state index contributed by atoms with van der Waals surface area (Å²) in [6, 6.07) is 13.4. The molecule has 154 valence electrons. The highest BCUT2D eigenvalue weighted by Crippen LogP contribution is 2.30. The highest BCUT2D eigenvalue weighted by atomic mass is 19.1. The summed E-state index contributed by atoms with van der Waals surface area (Å²) < 4.78 is 17.3. The molecule has 1 heterocycles. The number of nitrogens with one attached hydrogen (secondary N) is 1. The molecule has 2 aromatic carbocycles. The fraction of sp³-hybridized carbons (Fsp3) is 0.435. The largest absolute Gasteiger partial charge is 0.463 e. The second-order valence-corrected chi connectivity index (χ2v) is 7.84. The average Bonchev–Trinajstić information content (AvgIpc) is 2.75. The van der Waals surface area contributed by atoms with E-state index >= 15 is 0 Å². The lowest BCUT2D eigenvalue weighted by atomic mass is 9.88. The number of hydrogen-bond donors (Lipinski definition) is 2. The minimum atomic E-state index is -0.841. The van der Waals surface area contributed by atoms with Crippen LogP contribution in [0.1, 0.15) is 30.4 Å². The van der Waals surface area contributed by atoms with E-state index in [1.807, 2.05) is 30.3 Å². The van der Waals surface area contributed by atoms with E-state index in [4.69, 9.17) is 4.74 Å². The molecule has 2 N–H and O–H groups in total. The Hall–Kier alpha value is -2.60. The fourth-order valence-corrected chi connectivity index (χ4v) is 4.35. The normalized spacial score (nSPS) is 19.5. The molecule has 2 aromatic rings. The molecule has 5 nitrogen and oxygen atoms in total. The van der Waals surface area contributed by atoms with Crippen molar-refractivity contribution in [2.75, 3.05) is 30.2 Å². The molecule has 6 heteroatoms. The lowest BCUT2D eigenvalue weighted by Crippen LogP contribution is -2.38. The van der Waals surface area contributed by atoms with Crippen molar-refractivity contribution in [1.29, 1.82) is 0 Å². The molecular formula is C23H27FN2O3. The van der Waals surface area contributed by atoms with E-state index in [0.717, 1.165) is 55.7 Å². The van der Waals surface area contributed by atoms with Crippen molar-refractivity contribution >= 4 is 17.3 Å². The van der Waals surface area contributed by atoms with Crippen molar-refractivity contribution in [3.63, 3.8) is 0 Å². The van der Waals surface area contributed by atoms with Crippen LogP contribution in [0.2, 0.25) is 0 Å². The van der Waals surface area contributed by atoms with Crippen LogP contribution >= 0.6 is 0 Å². The third-order valence-corrected chi connectivity index (χ3v) is 5.99. The molecule has 1 amide bonds. The summed E-state index contributed by atoms with van der Waals surface area (Å²) in [6.45, 7) is 0.692. The molecule has 4 rings (SSSR count). The Labute approximate surface area is 170 Å². The second-order valence-electron chi connectivity index (χ2n) is 7.84. The fourth-order valence-electron chi connectivity index (χ4n) is 4.35. The molecule has 0 radical (unpaired) electrons. The van der Waals surface area contributed by atoms with Crippen molar-refractivity contribution in [2.24, 2.45) is 5.92 Å². The van der Waals surface area contributed by atoms with Crippen molar-refractivity contribution in [3.05, 3.63) is 53.6 Å². The predicted molar refractivity (Wildman–Crippen MR) is 111 cm³/mol. The van der Waals surface area contributed by atoms with Crippen LogP contribution in [0.25, 0.3) is 0 Å². The first-order chi connectivity index (χ1) is 14.1. The highest BCUT2D eigenvalue weighted by molar-refractivity contribution is 5.93. The monoisotopic (exact) mass is 398 g/mol. The van der Waals surface area contributed by atoms with Crippen LogP contribution in [0.4, 0.5) is 15.8 Å². The van der Waals surface area contributed by atoms with Gasteiger partial charge in [0.25, 0.3) is 0 Å². The zero-order chi connectivity index (χ0) is 20.2. The maximum absolute atomic E-state index is 12.9. The molecule has 1 aliphatic carbocycles. The maximum Gasteiger partial charge on any atom is 0.228 e. The predicted octanol–water partition coefficient (Wildman–Crippen LogP) is 3.70. The number of amides is 1. The van der Waals surface area contributed by atoms with Gasteiger partial charge in [0.05, 0.1) is 6.10 Å². The van der Waals surface area contributed by atoms with Crippen molar-refractivity contribution in [1.82, 2.24) is 0 Å². The number of aryl methyl sites for hydroxylation is 1. The van der Waals surface area contributed by atoms with Gasteiger partial charge in [0.15, 0.2) is 0 Å². The van der Waals surface area contributed by atoms with E-state index in [2.05, 4.69) is 16.3 Å². The van der Waals surface area contributed by atoms with Gasteiger partial charge in [-0.2, -0.15) is 0 Å². The van der Waals surface area contributed by atoms with E-state index in [0.29, 0.717) is 12.2 Å². The number of ether oxygens (including phenoxy) is 1. The topological polar surface area (TPSA) is 61.8 Å². The number of aliphatic hydroxyl groups is 1. The lowest BCUT2D eigenvalue weighted by molar-refractivity contribution is -0.120. The number of alkyl halides is 1. The molecule has 0 spiro atoms. The standard InChI is InChI=1S/C23H27FN2O3/c24-15-29-20-5-2-4-18(13-20)26-11-9-17(10-12-26)23(28)25-22-6-1-3-16-7-8-19(27)14-21(16)22/h1-6,13,17,19,27H,7-12,14-15H2,(H,25,28)/t19-/m1/s1. The van der Waals surface area contributed by atoms with Crippen molar-refractivity contribution in [3.8, 4) is 5.75 Å². The van der Waals surface area contributed by atoms with Gasteiger partial charge in [-0.05, 0) is 55.0 Å². The number of piperidine rings is 1. The van der Waals surface area contributed by atoms with Crippen LogP contribution in [0.3, 0.4) is 0 Å². The van der Waals surface area contributed by atoms with Gasteiger partial charge in [0.1, 0.15) is 5.75 Å². The molecule has 0 aromatic heterocycles. The van der Waals surface area contributed by atoms with Gasteiger partial charge in [-0.3, -0.25) is 4.79 Å². The van der Waals surface area contributed by atoms with E-state index < -0.39 is 6.86 Å². The van der Waals surface area contributed by atoms with Gasteiger partial charge in [0.2, 0.25) is 12.8 Å². The second kappa shape index (κ2) is 8.82. The van der Waals surface area contributed by atoms with E-state index in [1.54, 1.807) is 6.07 Å². The van der Waals surface area contributed by atoms with Gasteiger partial charge in [-0.15, -0.1) is 0 Å². The van der Waals surface area contributed by atoms with Gasteiger partial charge in [0, 0.05) is 42.9 Å². The molecule has 0 unspecified atom stereocenters. The number of carbonyl (C=O) groups excluding carboxylic acids is 1. The third kappa shape index (κ3) is 4.53. The summed E-state index contributed by atoms with van der Waals surface area (Å²) in [5.74, 6) is 0.523. The summed E-state index contributed by atoms with van der Waals surface area (Å²) in [5, 5.41) is 13.1. The van der Waals surface area contributed by atoms with Crippen LogP contribution in [0, 0.1) is 5.92 Å². The number of aliphatic hydroxyl groups excluding tert-OH is 1. The van der Waals surface area contributed by atoms with E-state index in [9.17, 15) is 14.3 Å². The molecular weight excluding hydrogens is 371 g/mol. The average molecular weight is 398 g/mol. The van der Waals surface area contributed by atoms with Crippen LogP contribution in [0.15, 0.2) is 42.5 Å². The Morgan fingerprint density at radius 3 is 2.76 bits per heavy atom. The third-order valence-electron chi connectivity index (χ3n) is 5.99. The Bertz CT molecular complexity index is 865. The first kappa shape index (κ1) is 19.7. The van der Waals surface area contributed by atoms with Gasteiger partial charge < -0.3 is 20.1 Å². The van der Waals surface area contributed by atoms with Crippen molar-refractivity contribution < 1.29 is 19.0 Å². The zero-order valence-electron chi connectivity index (χ0n) is 16.4. The number of hydrogen-bond acceptors (Lipinski definition) is 4. The van der Waals surface area contributed by atoms with Crippen molar-refractivity contribution in [2.45, 2.75) is 38.2 Å². The maximum atomic E-state index is 12.9. The first-order valence-electron chi connectivity index (χ1n) is 10.3. The zero-order valence-corrected chi connectivity index (χ0v) is 16.4. The van der Waals surface area contributed by atoms with Crippen LogP contribution in [-0.2, 0) is 17.6 Å². The number of rotatable bonds is 5. The molecule has 2 aliphatic rings. The molecule has 0 bridgehead atoms. The Kier molecular flexibility index (Phi) is 6.00. The van der Waals surface area contributed by atoms with Crippen LogP contribution in [0.5, 0.6) is 5.75 Å². The minimum absolute atomic E-state index is 0.0408. The Morgan fingerprint density at radius 1 is 1.17 bits per heavy atom. The SMILES string of the molecule is O=C(Nc1cccc2c1C[C@H](O)CC2)C1CCN(c2cccc(OCF)c2)CC1. The molecule has 29 heavy (non-hydrogen) atoms. The summed E-state index contributed by atoms with van der Waals surface area (Å²) >= 11 is 0. The molecule has 1 saturated heterocycles. The number of anilines is 2.